The Morgan fingerprint density at radius 3 is 2.17 bits per heavy atom. The van der Waals surface area contributed by atoms with Gasteiger partial charge in [-0.15, -0.1) is 0 Å². The molecule has 1 saturated heterocycles. The summed E-state index contributed by atoms with van der Waals surface area (Å²) in [4.78, 5) is 4.54. The van der Waals surface area contributed by atoms with E-state index in [4.69, 9.17) is 9.31 Å². The SMILES string of the molecule is CN(C)S(=O)(=O)n1cc(B2OC(C)(C)C(C)(C)O2)nc1C1CC1. The van der Waals surface area contributed by atoms with Crippen LogP contribution in [0.1, 0.15) is 52.3 Å². The van der Waals surface area contributed by atoms with E-state index in [1.54, 1.807) is 0 Å². The molecule has 1 aromatic heterocycles. The van der Waals surface area contributed by atoms with E-state index in [1.807, 2.05) is 27.7 Å². The van der Waals surface area contributed by atoms with Gasteiger partial charge in [-0.25, -0.2) is 8.96 Å². The van der Waals surface area contributed by atoms with Crippen molar-refractivity contribution in [2.24, 2.45) is 0 Å². The van der Waals surface area contributed by atoms with Crippen LogP contribution in [0, 0.1) is 0 Å². The Kier molecular flexibility index (Phi) is 3.72. The Balaban J connectivity index is 2.00. The molecule has 2 aliphatic rings. The highest BCUT2D eigenvalue weighted by Gasteiger charge is 2.53. The molecule has 0 bridgehead atoms. The topological polar surface area (TPSA) is 73.7 Å². The van der Waals surface area contributed by atoms with Crippen molar-refractivity contribution >= 4 is 22.9 Å². The molecule has 0 atom stereocenters. The van der Waals surface area contributed by atoms with Crippen LogP contribution in [-0.4, -0.2) is 54.1 Å². The molecule has 9 heteroatoms. The van der Waals surface area contributed by atoms with Gasteiger partial charge in [-0.1, -0.05) is 0 Å². The summed E-state index contributed by atoms with van der Waals surface area (Å²) < 4.78 is 39.5. The first-order chi connectivity index (χ1) is 10.5. The van der Waals surface area contributed by atoms with Gasteiger partial charge < -0.3 is 9.31 Å². The lowest BCUT2D eigenvalue weighted by molar-refractivity contribution is 0.00578. The number of hydrogen-bond donors (Lipinski definition) is 0. The van der Waals surface area contributed by atoms with Crippen LogP contribution in [0.25, 0.3) is 0 Å². The molecular weight excluding hydrogens is 317 g/mol. The van der Waals surface area contributed by atoms with Crippen LogP contribution in [0.3, 0.4) is 0 Å². The number of rotatable bonds is 4. The van der Waals surface area contributed by atoms with Crippen LogP contribution >= 0.6 is 0 Å². The molecule has 3 rings (SSSR count). The van der Waals surface area contributed by atoms with Crippen molar-refractivity contribution in [3.8, 4) is 0 Å². The first kappa shape index (κ1) is 16.9. The van der Waals surface area contributed by atoms with E-state index >= 15 is 0 Å². The quantitative estimate of drug-likeness (QED) is 0.755. The van der Waals surface area contributed by atoms with Crippen molar-refractivity contribution in [2.75, 3.05) is 14.1 Å². The predicted molar refractivity (Wildman–Crippen MR) is 87.9 cm³/mol. The minimum Gasteiger partial charge on any atom is -0.398 e. The molecule has 23 heavy (non-hydrogen) atoms. The monoisotopic (exact) mass is 341 g/mol. The predicted octanol–water partition coefficient (Wildman–Crippen LogP) is 0.714. The molecule has 7 nitrogen and oxygen atoms in total. The van der Waals surface area contributed by atoms with Gasteiger partial charge in [0, 0.05) is 26.2 Å². The van der Waals surface area contributed by atoms with Crippen LogP contribution in [0.4, 0.5) is 0 Å². The summed E-state index contributed by atoms with van der Waals surface area (Å²) in [6.45, 7) is 7.84. The number of hydrogen-bond acceptors (Lipinski definition) is 5. The lowest BCUT2D eigenvalue weighted by Crippen LogP contribution is -2.41. The van der Waals surface area contributed by atoms with Gasteiger partial charge in [-0.2, -0.15) is 12.7 Å². The van der Waals surface area contributed by atoms with E-state index in [0.717, 1.165) is 12.8 Å². The minimum absolute atomic E-state index is 0.195. The molecule has 0 aromatic carbocycles. The molecule has 0 radical (unpaired) electrons. The molecule has 1 aliphatic carbocycles. The van der Waals surface area contributed by atoms with Crippen molar-refractivity contribution in [3.63, 3.8) is 0 Å². The first-order valence-electron chi connectivity index (χ1n) is 7.83. The van der Waals surface area contributed by atoms with Crippen LogP contribution in [0.2, 0.25) is 0 Å². The smallest absolute Gasteiger partial charge is 0.398 e. The summed E-state index contributed by atoms with van der Waals surface area (Å²) in [5.41, 5.74) is -0.459. The Morgan fingerprint density at radius 1 is 1.22 bits per heavy atom. The lowest BCUT2D eigenvalue weighted by Gasteiger charge is -2.32. The fraction of sp³-hybridized carbons (Fsp3) is 0.786. The van der Waals surface area contributed by atoms with Crippen molar-refractivity contribution in [1.82, 2.24) is 13.3 Å². The molecule has 0 N–H and O–H groups in total. The fourth-order valence-electron chi connectivity index (χ4n) is 2.45. The summed E-state index contributed by atoms with van der Waals surface area (Å²) in [6, 6.07) is 0. The van der Waals surface area contributed by atoms with E-state index in [2.05, 4.69) is 4.98 Å². The first-order valence-corrected chi connectivity index (χ1v) is 9.23. The third-order valence-electron chi connectivity index (χ3n) is 4.87. The lowest BCUT2D eigenvalue weighted by atomic mass is 9.86. The summed E-state index contributed by atoms with van der Waals surface area (Å²) in [6.07, 6.45) is 3.46. The van der Waals surface area contributed by atoms with Crippen LogP contribution in [0.5, 0.6) is 0 Å². The van der Waals surface area contributed by atoms with Crippen molar-refractivity contribution in [2.45, 2.75) is 57.7 Å². The molecule has 2 fully saturated rings. The second kappa shape index (κ2) is 5.05. The van der Waals surface area contributed by atoms with Gasteiger partial charge in [0.05, 0.1) is 16.8 Å². The maximum atomic E-state index is 12.5. The molecule has 1 saturated carbocycles. The summed E-state index contributed by atoms with van der Waals surface area (Å²) >= 11 is 0. The van der Waals surface area contributed by atoms with Crippen molar-refractivity contribution in [1.29, 1.82) is 0 Å². The number of aromatic nitrogens is 2. The van der Waals surface area contributed by atoms with E-state index in [0.29, 0.717) is 11.4 Å². The number of imidazole rings is 1. The van der Waals surface area contributed by atoms with E-state index in [1.165, 1.54) is 28.6 Å². The summed E-state index contributed by atoms with van der Waals surface area (Å²) in [7, 11) is -1.23. The average molecular weight is 341 g/mol. The Hall–Kier alpha value is -0.895. The van der Waals surface area contributed by atoms with Gasteiger partial charge in [0.2, 0.25) is 0 Å². The Morgan fingerprint density at radius 2 is 1.74 bits per heavy atom. The molecule has 1 aliphatic heterocycles. The van der Waals surface area contributed by atoms with E-state index in [9.17, 15) is 8.42 Å². The zero-order chi connectivity index (χ0) is 17.2. The van der Waals surface area contributed by atoms with Gasteiger partial charge in [0.25, 0.3) is 0 Å². The van der Waals surface area contributed by atoms with Crippen LogP contribution in [-0.2, 0) is 19.5 Å². The van der Waals surface area contributed by atoms with Crippen LogP contribution in [0.15, 0.2) is 6.20 Å². The molecule has 2 heterocycles. The zero-order valence-electron chi connectivity index (χ0n) is 14.5. The fourth-order valence-corrected chi connectivity index (χ4v) is 3.47. The molecule has 0 spiro atoms. The highest BCUT2D eigenvalue weighted by Crippen LogP contribution is 2.40. The maximum Gasteiger partial charge on any atom is 0.516 e. The van der Waals surface area contributed by atoms with Gasteiger partial charge in [-0.3, -0.25) is 0 Å². The van der Waals surface area contributed by atoms with Gasteiger partial charge in [0.15, 0.2) is 0 Å². The third kappa shape index (κ3) is 2.73. The van der Waals surface area contributed by atoms with E-state index in [-0.39, 0.29) is 5.92 Å². The molecule has 1 aromatic rings. The second-order valence-electron chi connectivity index (χ2n) is 7.47. The molecule has 0 unspecified atom stereocenters. The van der Waals surface area contributed by atoms with Gasteiger partial charge >= 0.3 is 17.3 Å². The highest BCUT2D eigenvalue weighted by atomic mass is 32.2. The van der Waals surface area contributed by atoms with Crippen molar-refractivity contribution in [3.05, 3.63) is 12.0 Å². The molecular formula is C14H24BN3O4S. The van der Waals surface area contributed by atoms with Crippen LogP contribution < -0.4 is 5.59 Å². The standard InChI is InChI=1S/C14H24BN3O4S/c1-13(2)14(3,4)22-15(21-13)11-9-18(23(19,20)17(5)6)12(16-11)10-7-8-10/h9-10H,7-8H2,1-6H3. The van der Waals surface area contributed by atoms with E-state index < -0.39 is 28.5 Å². The second-order valence-corrected chi connectivity index (χ2v) is 9.49. The number of nitrogens with zero attached hydrogens (tertiary/aromatic N) is 3. The molecule has 128 valence electrons. The van der Waals surface area contributed by atoms with Gasteiger partial charge in [-0.05, 0) is 40.5 Å². The highest BCUT2D eigenvalue weighted by molar-refractivity contribution is 7.87. The normalized spacial score (nSPS) is 23.7. The third-order valence-corrected chi connectivity index (χ3v) is 6.58. The summed E-state index contributed by atoms with van der Waals surface area (Å²) in [5.74, 6) is 0.768. The van der Waals surface area contributed by atoms with Crippen molar-refractivity contribution < 1.29 is 17.7 Å². The minimum atomic E-state index is -3.60. The Bertz CT molecular complexity index is 706. The maximum absolute atomic E-state index is 12.5. The average Bonchev–Trinajstić information content (AvgIpc) is 3.09. The van der Waals surface area contributed by atoms with Gasteiger partial charge in [0.1, 0.15) is 5.82 Å². The largest absolute Gasteiger partial charge is 0.516 e. The Labute approximate surface area is 138 Å². The molecule has 0 amide bonds. The zero-order valence-corrected chi connectivity index (χ0v) is 15.3. The summed E-state index contributed by atoms with van der Waals surface area (Å²) in [5, 5.41) is 0.